The van der Waals surface area contributed by atoms with Crippen LogP contribution in [0.2, 0.25) is 0 Å². The Morgan fingerprint density at radius 1 is 1.75 bits per heavy atom. The Morgan fingerprint density at radius 2 is 2.50 bits per heavy atom. The van der Waals surface area contributed by atoms with E-state index >= 15 is 0 Å². The molecule has 0 radical (unpaired) electrons. The van der Waals surface area contributed by atoms with Crippen LogP contribution in [-0.4, -0.2) is 28.4 Å². The van der Waals surface area contributed by atoms with E-state index < -0.39 is 5.97 Å². The van der Waals surface area contributed by atoms with Crippen molar-refractivity contribution in [3.05, 3.63) is 0 Å². The molecule has 0 bridgehead atoms. The molecule has 1 unspecified atom stereocenters. The van der Waals surface area contributed by atoms with Crippen LogP contribution < -0.4 is 0 Å². The van der Waals surface area contributed by atoms with Crippen LogP contribution in [0.5, 0.6) is 0 Å². The Bertz CT molecular complexity index is 164. The van der Waals surface area contributed by atoms with Crippen molar-refractivity contribution in [2.75, 3.05) is 12.4 Å². The van der Waals surface area contributed by atoms with Crippen molar-refractivity contribution >= 4 is 17.7 Å². The minimum atomic E-state index is -0.737. The zero-order valence-electron chi connectivity index (χ0n) is 7.21. The van der Waals surface area contributed by atoms with Gasteiger partial charge in [-0.2, -0.15) is 0 Å². The van der Waals surface area contributed by atoms with Crippen LogP contribution in [-0.2, 0) is 9.53 Å². The molecule has 1 atom stereocenters. The first kappa shape index (κ1) is 9.86. The van der Waals surface area contributed by atoms with Crippen molar-refractivity contribution in [3.8, 4) is 0 Å². The Labute approximate surface area is 76.5 Å². The average Bonchev–Trinajstić information content (AvgIpc) is 2.50. The molecule has 1 saturated heterocycles. The van der Waals surface area contributed by atoms with Crippen LogP contribution >= 0.6 is 11.8 Å². The van der Waals surface area contributed by atoms with Crippen molar-refractivity contribution in [2.45, 2.75) is 31.1 Å². The quantitative estimate of drug-likeness (QED) is 0.733. The standard InChI is InChI=1S/C8H14O3S/c1-2-8(4-3-7(9)10)11-5-6-12-8/h2-6H2,1H3,(H,9,10). The average molecular weight is 190 g/mol. The lowest BCUT2D eigenvalue weighted by Crippen LogP contribution is -2.24. The minimum absolute atomic E-state index is 0.196. The summed E-state index contributed by atoms with van der Waals surface area (Å²) in [6, 6.07) is 0. The second-order valence-corrected chi connectivity index (χ2v) is 4.30. The number of hydrogen-bond acceptors (Lipinski definition) is 3. The summed E-state index contributed by atoms with van der Waals surface area (Å²) in [6.07, 6.45) is 1.73. The van der Waals surface area contributed by atoms with Gasteiger partial charge in [-0.15, -0.1) is 11.8 Å². The van der Waals surface area contributed by atoms with E-state index in [-0.39, 0.29) is 11.4 Å². The van der Waals surface area contributed by atoms with E-state index in [4.69, 9.17) is 9.84 Å². The molecular weight excluding hydrogens is 176 g/mol. The number of aliphatic carboxylic acids is 1. The summed E-state index contributed by atoms with van der Waals surface area (Å²) < 4.78 is 5.54. The van der Waals surface area contributed by atoms with Crippen LogP contribution in [0, 0.1) is 0 Å². The summed E-state index contributed by atoms with van der Waals surface area (Å²) >= 11 is 1.75. The fourth-order valence-electron chi connectivity index (χ4n) is 1.32. The van der Waals surface area contributed by atoms with Crippen molar-refractivity contribution in [2.24, 2.45) is 0 Å². The lowest BCUT2D eigenvalue weighted by molar-refractivity contribution is -0.138. The van der Waals surface area contributed by atoms with Crippen molar-refractivity contribution in [1.82, 2.24) is 0 Å². The molecule has 0 aromatic heterocycles. The number of thioether (sulfide) groups is 1. The van der Waals surface area contributed by atoms with Crippen LogP contribution in [0.4, 0.5) is 0 Å². The maximum Gasteiger partial charge on any atom is 0.303 e. The molecule has 0 aromatic rings. The van der Waals surface area contributed by atoms with Crippen molar-refractivity contribution in [3.63, 3.8) is 0 Å². The normalized spacial score (nSPS) is 29.1. The first-order valence-electron chi connectivity index (χ1n) is 4.18. The molecular formula is C8H14O3S. The second-order valence-electron chi connectivity index (χ2n) is 2.85. The van der Waals surface area contributed by atoms with E-state index in [1.54, 1.807) is 11.8 Å². The fraction of sp³-hybridized carbons (Fsp3) is 0.875. The topological polar surface area (TPSA) is 46.5 Å². The summed E-state index contributed by atoms with van der Waals surface area (Å²) in [5.74, 6) is 0.256. The molecule has 0 amide bonds. The van der Waals surface area contributed by atoms with E-state index in [0.29, 0.717) is 6.42 Å². The molecule has 1 heterocycles. The van der Waals surface area contributed by atoms with E-state index in [2.05, 4.69) is 0 Å². The number of carboxylic acid groups (broad SMARTS) is 1. The third kappa shape index (κ3) is 2.38. The Morgan fingerprint density at radius 3 is 2.92 bits per heavy atom. The Kier molecular flexibility index (Phi) is 3.40. The molecule has 1 rings (SSSR count). The minimum Gasteiger partial charge on any atom is -0.481 e. The van der Waals surface area contributed by atoms with Crippen molar-refractivity contribution in [1.29, 1.82) is 0 Å². The molecule has 12 heavy (non-hydrogen) atoms. The van der Waals surface area contributed by atoms with Crippen LogP contribution in [0.25, 0.3) is 0 Å². The van der Waals surface area contributed by atoms with E-state index in [1.165, 1.54) is 0 Å². The molecule has 70 valence electrons. The zero-order valence-corrected chi connectivity index (χ0v) is 8.02. The van der Waals surface area contributed by atoms with Gasteiger partial charge in [0.1, 0.15) is 4.93 Å². The summed E-state index contributed by atoms with van der Waals surface area (Å²) in [7, 11) is 0. The molecule has 0 aliphatic carbocycles. The molecule has 3 nitrogen and oxygen atoms in total. The molecule has 4 heteroatoms. The van der Waals surface area contributed by atoms with Crippen LogP contribution in [0.1, 0.15) is 26.2 Å². The van der Waals surface area contributed by atoms with Gasteiger partial charge < -0.3 is 9.84 Å². The second kappa shape index (κ2) is 4.14. The number of carbonyl (C=O) groups is 1. The van der Waals surface area contributed by atoms with E-state index in [1.807, 2.05) is 6.92 Å². The Hall–Kier alpha value is -0.220. The fourth-order valence-corrected chi connectivity index (χ4v) is 2.48. The number of hydrogen-bond donors (Lipinski definition) is 1. The van der Waals surface area contributed by atoms with Gasteiger partial charge in [-0.25, -0.2) is 0 Å². The highest BCUT2D eigenvalue weighted by molar-refractivity contribution is 8.00. The third-order valence-corrected chi connectivity index (χ3v) is 3.58. The molecule has 0 spiro atoms. The van der Waals surface area contributed by atoms with Gasteiger partial charge in [0.15, 0.2) is 0 Å². The van der Waals surface area contributed by atoms with Gasteiger partial charge in [-0.3, -0.25) is 4.79 Å². The highest BCUT2D eigenvalue weighted by atomic mass is 32.2. The smallest absolute Gasteiger partial charge is 0.303 e. The zero-order chi connectivity index (χ0) is 9.03. The molecule has 0 aromatic carbocycles. The first-order valence-corrected chi connectivity index (χ1v) is 5.17. The van der Waals surface area contributed by atoms with Gasteiger partial charge in [0.05, 0.1) is 6.61 Å². The van der Waals surface area contributed by atoms with Crippen molar-refractivity contribution < 1.29 is 14.6 Å². The number of ether oxygens (including phenoxy) is 1. The highest BCUT2D eigenvalue weighted by Gasteiger charge is 2.34. The van der Waals surface area contributed by atoms with Gasteiger partial charge >= 0.3 is 5.97 Å². The molecule has 0 saturated carbocycles. The molecule has 1 aliphatic rings. The summed E-state index contributed by atoms with van der Waals surface area (Å²) in [5, 5.41) is 8.52. The summed E-state index contributed by atoms with van der Waals surface area (Å²) in [6.45, 7) is 2.80. The van der Waals surface area contributed by atoms with Gasteiger partial charge in [0.2, 0.25) is 0 Å². The lowest BCUT2D eigenvalue weighted by Gasteiger charge is -2.24. The maximum atomic E-state index is 10.3. The van der Waals surface area contributed by atoms with E-state index in [0.717, 1.165) is 18.8 Å². The molecule has 1 N–H and O–H groups in total. The number of rotatable bonds is 4. The maximum absolute atomic E-state index is 10.3. The lowest BCUT2D eigenvalue weighted by atomic mass is 10.1. The first-order chi connectivity index (χ1) is 5.68. The van der Waals surface area contributed by atoms with Gasteiger partial charge in [-0.05, 0) is 12.8 Å². The van der Waals surface area contributed by atoms with Crippen LogP contribution in [0.15, 0.2) is 0 Å². The SMILES string of the molecule is CCC1(CCC(=O)O)OCCS1. The van der Waals surface area contributed by atoms with E-state index in [9.17, 15) is 4.79 Å². The van der Waals surface area contributed by atoms with Gasteiger partial charge in [-0.1, -0.05) is 6.92 Å². The predicted molar refractivity (Wildman–Crippen MR) is 48.3 cm³/mol. The third-order valence-electron chi connectivity index (χ3n) is 2.07. The molecule has 1 aliphatic heterocycles. The summed E-state index contributed by atoms with van der Waals surface area (Å²) in [5.41, 5.74) is 0. The number of carboxylic acids is 1. The van der Waals surface area contributed by atoms with Gasteiger partial charge in [0, 0.05) is 12.2 Å². The largest absolute Gasteiger partial charge is 0.481 e. The monoisotopic (exact) mass is 190 g/mol. The van der Waals surface area contributed by atoms with Gasteiger partial charge in [0.25, 0.3) is 0 Å². The predicted octanol–water partition coefficient (Wildman–Crippen LogP) is 1.72. The van der Waals surface area contributed by atoms with Crippen LogP contribution in [0.3, 0.4) is 0 Å². The summed E-state index contributed by atoms with van der Waals surface area (Å²) in [4.78, 5) is 10.2. The highest BCUT2D eigenvalue weighted by Crippen LogP contribution is 2.39. The molecule has 1 fully saturated rings. The Balaban J connectivity index is 2.39.